The Bertz CT molecular complexity index is 769. The lowest BCUT2D eigenvalue weighted by molar-refractivity contribution is -0.123. The van der Waals surface area contributed by atoms with Crippen LogP contribution in [-0.2, 0) is 11.3 Å². The van der Waals surface area contributed by atoms with Crippen LogP contribution in [-0.4, -0.2) is 31.1 Å². The number of alkyl halides is 2. The number of ether oxygens (including phenoxy) is 2. The molecule has 146 valence electrons. The summed E-state index contributed by atoms with van der Waals surface area (Å²) < 4.78 is 47.9. The van der Waals surface area contributed by atoms with Crippen molar-refractivity contribution >= 4 is 5.91 Å². The molecule has 1 unspecified atom stereocenters. The summed E-state index contributed by atoms with van der Waals surface area (Å²) in [5, 5.41) is 0. The zero-order valence-electron chi connectivity index (χ0n) is 15.0. The SMILES string of the molecule is CCOc1cc(CN(C)C(C(N)=O)c2ccc(F)cc2)ccc1OC(F)F. The first-order valence-corrected chi connectivity index (χ1v) is 8.27. The third-order valence-corrected chi connectivity index (χ3v) is 3.85. The van der Waals surface area contributed by atoms with E-state index in [1.54, 1.807) is 31.0 Å². The molecule has 2 aromatic carbocycles. The summed E-state index contributed by atoms with van der Waals surface area (Å²) in [6, 6.07) is 9.26. The van der Waals surface area contributed by atoms with E-state index in [9.17, 15) is 18.0 Å². The second kappa shape index (κ2) is 9.27. The number of rotatable bonds is 9. The molecular weight excluding hydrogens is 361 g/mol. The second-order valence-electron chi connectivity index (χ2n) is 5.86. The Labute approximate surface area is 155 Å². The zero-order valence-corrected chi connectivity index (χ0v) is 15.0. The molecule has 0 heterocycles. The maximum Gasteiger partial charge on any atom is 0.387 e. The van der Waals surface area contributed by atoms with E-state index in [4.69, 9.17) is 10.5 Å². The van der Waals surface area contributed by atoms with Crippen LogP contribution >= 0.6 is 0 Å². The van der Waals surface area contributed by atoms with E-state index in [-0.39, 0.29) is 24.7 Å². The first kappa shape index (κ1) is 20.6. The quantitative estimate of drug-likeness (QED) is 0.721. The average molecular weight is 382 g/mol. The lowest BCUT2D eigenvalue weighted by Gasteiger charge is -2.26. The summed E-state index contributed by atoms with van der Waals surface area (Å²) >= 11 is 0. The van der Waals surface area contributed by atoms with Crippen LogP contribution < -0.4 is 15.2 Å². The fourth-order valence-corrected chi connectivity index (χ4v) is 2.77. The van der Waals surface area contributed by atoms with Crippen molar-refractivity contribution in [2.75, 3.05) is 13.7 Å². The van der Waals surface area contributed by atoms with Crippen LogP contribution in [0.25, 0.3) is 0 Å². The molecule has 0 spiro atoms. The van der Waals surface area contributed by atoms with Gasteiger partial charge in [-0.3, -0.25) is 9.69 Å². The predicted octanol–water partition coefficient (Wildman–Crippen LogP) is 3.48. The maximum absolute atomic E-state index is 13.1. The minimum Gasteiger partial charge on any atom is -0.490 e. The third kappa shape index (κ3) is 5.62. The van der Waals surface area contributed by atoms with Crippen LogP contribution in [0.5, 0.6) is 11.5 Å². The van der Waals surface area contributed by atoms with Crippen molar-refractivity contribution in [3.63, 3.8) is 0 Å². The highest BCUT2D eigenvalue weighted by atomic mass is 19.3. The lowest BCUT2D eigenvalue weighted by atomic mass is 10.0. The average Bonchev–Trinajstić information content (AvgIpc) is 2.58. The number of carbonyl (C=O) groups excluding carboxylic acids is 1. The Kier molecular flexibility index (Phi) is 7.06. The van der Waals surface area contributed by atoms with Gasteiger partial charge in [0.05, 0.1) is 6.61 Å². The highest BCUT2D eigenvalue weighted by Crippen LogP contribution is 2.31. The van der Waals surface area contributed by atoms with Gasteiger partial charge in [-0.2, -0.15) is 8.78 Å². The molecule has 0 saturated carbocycles. The van der Waals surface area contributed by atoms with Gasteiger partial charge in [-0.25, -0.2) is 4.39 Å². The van der Waals surface area contributed by atoms with E-state index in [0.717, 1.165) is 0 Å². The summed E-state index contributed by atoms with van der Waals surface area (Å²) in [5.41, 5.74) is 6.77. The molecule has 8 heteroatoms. The Morgan fingerprint density at radius 3 is 2.37 bits per heavy atom. The molecule has 2 rings (SSSR count). The normalized spacial score (nSPS) is 12.3. The number of amides is 1. The van der Waals surface area contributed by atoms with Gasteiger partial charge in [0, 0.05) is 6.54 Å². The number of benzene rings is 2. The van der Waals surface area contributed by atoms with E-state index in [0.29, 0.717) is 11.1 Å². The molecule has 2 aromatic rings. The molecule has 2 N–H and O–H groups in total. The molecule has 0 aliphatic carbocycles. The van der Waals surface area contributed by atoms with Crippen LogP contribution in [0.1, 0.15) is 24.1 Å². The van der Waals surface area contributed by atoms with E-state index in [1.807, 2.05) is 0 Å². The zero-order chi connectivity index (χ0) is 20.0. The van der Waals surface area contributed by atoms with E-state index >= 15 is 0 Å². The number of halogens is 3. The highest BCUT2D eigenvalue weighted by Gasteiger charge is 2.23. The van der Waals surface area contributed by atoms with Gasteiger partial charge in [0.1, 0.15) is 11.9 Å². The van der Waals surface area contributed by atoms with Gasteiger partial charge >= 0.3 is 6.61 Å². The Morgan fingerprint density at radius 1 is 1.15 bits per heavy atom. The Balaban J connectivity index is 2.23. The van der Waals surface area contributed by atoms with Gasteiger partial charge in [0.15, 0.2) is 11.5 Å². The molecule has 1 atom stereocenters. The standard InChI is InChI=1S/C19H21F3N2O3/c1-3-26-16-10-12(4-9-15(16)27-19(21)22)11-24(2)17(18(23)25)13-5-7-14(20)8-6-13/h4-10,17,19H,3,11H2,1-2H3,(H2,23,25). The van der Waals surface area contributed by atoms with Gasteiger partial charge < -0.3 is 15.2 Å². The van der Waals surface area contributed by atoms with E-state index in [1.165, 1.54) is 30.3 Å². The van der Waals surface area contributed by atoms with Crippen molar-refractivity contribution in [1.29, 1.82) is 0 Å². The van der Waals surface area contributed by atoms with Crippen molar-refractivity contribution in [3.05, 3.63) is 59.4 Å². The number of carbonyl (C=O) groups is 1. The first-order valence-electron chi connectivity index (χ1n) is 8.27. The van der Waals surface area contributed by atoms with Crippen LogP contribution in [0.3, 0.4) is 0 Å². The molecular formula is C19H21F3N2O3. The number of hydrogen-bond acceptors (Lipinski definition) is 4. The number of hydrogen-bond donors (Lipinski definition) is 1. The lowest BCUT2D eigenvalue weighted by Crippen LogP contribution is -2.35. The molecule has 0 aromatic heterocycles. The third-order valence-electron chi connectivity index (χ3n) is 3.85. The van der Waals surface area contributed by atoms with Crippen LogP contribution in [0, 0.1) is 5.82 Å². The van der Waals surface area contributed by atoms with Gasteiger partial charge in [0.25, 0.3) is 0 Å². The number of primary amides is 1. The van der Waals surface area contributed by atoms with Gasteiger partial charge in [-0.1, -0.05) is 18.2 Å². The van der Waals surface area contributed by atoms with Crippen LogP contribution in [0.4, 0.5) is 13.2 Å². The summed E-state index contributed by atoms with van der Waals surface area (Å²) in [6.45, 7) is -0.684. The fourth-order valence-electron chi connectivity index (χ4n) is 2.77. The second-order valence-corrected chi connectivity index (χ2v) is 5.86. The van der Waals surface area contributed by atoms with Crippen LogP contribution in [0.15, 0.2) is 42.5 Å². The molecule has 0 bridgehead atoms. The van der Waals surface area contributed by atoms with Gasteiger partial charge in [0.2, 0.25) is 5.91 Å². The monoisotopic (exact) mass is 382 g/mol. The maximum atomic E-state index is 13.1. The minimum absolute atomic E-state index is 0.0664. The molecule has 0 fully saturated rings. The molecule has 0 radical (unpaired) electrons. The molecule has 5 nitrogen and oxygen atoms in total. The molecule has 0 aliphatic heterocycles. The van der Waals surface area contributed by atoms with Crippen molar-refractivity contribution in [2.24, 2.45) is 5.73 Å². The Hall–Kier alpha value is -2.74. The van der Waals surface area contributed by atoms with Crippen molar-refractivity contribution < 1.29 is 27.4 Å². The summed E-state index contributed by atoms with van der Waals surface area (Å²) in [6.07, 6.45) is 0. The first-order chi connectivity index (χ1) is 12.8. The van der Waals surface area contributed by atoms with Crippen molar-refractivity contribution in [1.82, 2.24) is 4.90 Å². The van der Waals surface area contributed by atoms with Gasteiger partial charge in [-0.15, -0.1) is 0 Å². The van der Waals surface area contributed by atoms with Crippen molar-refractivity contribution in [2.45, 2.75) is 26.1 Å². The largest absolute Gasteiger partial charge is 0.490 e. The molecule has 1 amide bonds. The smallest absolute Gasteiger partial charge is 0.387 e. The number of nitrogens with zero attached hydrogens (tertiary/aromatic N) is 1. The summed E-state index contributed by atoms with van der Waals surface area (Å²) in [5.74, 6) is -0.892. The molecule has 0 aliphatic rings. The molecule has 27 heavy (non-hydrogen) atoms. The number of likely N-dealkylation sites (N-methyl/N-ethyl adjacent to an activating group) is 1. The number of nitrogens with two attached hydrogens (primary N) is 1. The van der Waals surface area contributed by atoms with Crippen LogP contribution in [0.2, 0.25) is 0 Å². The van der Waals surface area contributed by atoms with Gasteiger partial charge in [-0.05, 0) is 49.4 Å². The van der Waals surface area contributed by atoms with Crippen molar-refractivity contribution in [3.8, 4) is 11.5 Å². The minimum atomic E-state index is -2.96. The Morgan fingerprint density at radius 2 is 1.81 bits per heavy atom. The summed E-state index contributed by atoms with van der Waals surface area (Å²) in [7, 11) is 1.68. The molecule has 0 saturated heterocycles. The van der Waals surface area contributed by atoms with E-state index < -0.39 is 24.4 Å². The van der Waals surface area contributed by atoms with E-state index in [2.05, 4.69) is 4.74 Å². The summed E-state index contributed by atoms with van der Waals surface area (Å²) in [4.78, 5) is 13.6. The fraction of sp³-hybridized carbons (Fsp3) is 0.316. The topological polar surface area (TPSA) is 64.8 Å². The predicted molar refractivity (Wildman–Crippen MR) is 94.0 cm³/mol. The highest BCUT2D eigenvalue weighted by molar-refractivity contribution is 5.81.